The monoisotopic (exact) mass is 431 g/mol. The van der Waals surface area contributed by atoms with E-state index >= 15 is 0 Å². The second-order valence-corrected chi connectivity index (χ2v) is 7.87. The average Bonchev–Trinajstić information content (AvgIpc) is 3.37. The van der Waals surface area contributed by atoms with Crippen LogP contribution in [-0.2, 0) is 6.54 Å². The van der Waals surface area contributed by atoms with Gasteiger partial charge in [0.25, 0.3) is 5.56 Å². The lowest BCUT2D eigenvalue weighted by molar-refractivity contribution is 0.413. The van der Waals surface area contributed by atoms with Crippen molar-refractivity contribution < 1.29 is 9.13 Å². The summed E-state index contributed by atoms with van der Waals surface area (Å²) in [5.41, 5.74) is 3.99. The van der Waals surface area contributed by atoms with Gasteiger partial charge in [-0.25, -0.2) is 9.37 Å². The Morgan fingerprint density at radius 1 is 1.22 bits per heavy atom. The first-order valence-corrected chi connectivity index (χ1v) is 10.3. The van der Waals surface area contributed by atoms with Crippen molar-refractivity contribution in [1.82, 2.24) is 19.1 Å². The number of ether oxygens (including phenoxy) is 1. The number of hydrogen-bond acceptors (Lipinski definition) is 4. The van der Waals surface area contributed by atoms with Gasteiger partial charge in [-0.2, -0.15) is 0 Å². The van der Waals surface area contributed by atoms with Crippen molar-refractivity contribution in [2.75, 3.05) is 13.7 Å². The van der Waals surface area contributed by atoms with Crippen molar-refractivity contribution in [1.29, 1.82) is 0 Å². The number of fused-ring (bicyclic) bond motifs is 1. The second-order valence-electron chi connectivity index (χ2n) is 7.87. The average molecular weight is 431 g/mol. The van der Waals surface area contributed by atoms with Crippen molar-refractivity contribution >= 4 is 6.08 Å². The number of imidazole rings is 2. The van der Waals surface area contributed by atoms with Gasteiger partial charge in [-0.05, 0) is 48.4 Å². The van der Waals surface area contributed by atoms with Crippen LogP contribution in [0.2, 0.25) is 0 Å². The molecule has 0 amide bonds. The van der Waals surface area contributed by atoms with Crippen LogP contribution in [0.1, 0.15) is 22.7 Å². The standard InChI is InChI=1S/C24H22FN5O2/c1-15-12-29(14-27-15)21-8-3-16(10-22(21)32-2)9-20-23(31)30-13-18(11-26-24(30)28-20)17-4-6-19(25)7-5-17/h3-10,12,14,18H,11,13H2,1-2H3,(H,26,28)/b20-9-. The second kappa shape index (κ2) is 7.96. The van der Waals surface area contributed by atoms with Gasteiger partial charge in [0.1, 0.15) is 16.9 Å². The molecule has 32 heavy (non-hydrogen) atoms. The highest BCUT2D eigenvalue weighted by Crippen LogP contribution is 2.25. The molecule has 1 aliphatic heterocycles. The summed E-state index contributed by atoms with van der Waals surface area (Å²) >= 11 is 0. The van der Waals surface area contributed by atoms with E-state index in [1.54, 1.807) is 36.2 Å². The van der Waals surface area contributed by atoms with Crippen molar-refractivity contribution in [3.05, 3.63) is 98.9 Å². The number of methoxy groups -OCH3 is 1. The lowest BCUT2D eigenvalue weighted by Crippen LogP contribution is -2.36. The lowest BCUT2D eigenvalue weighted by Gasteiger charge is -2.18. The number of benzene rings is 2. The summed E-state index contributed by atoms with van der Waals surface area (Å²) in [5.74, 6) is 0.429. The molecule has 0 aliphatic carbocycles. The third kappa shape index (κ3) is 3.64. The number of nitrogens with zero attached hydrogens (tertiary/aromatic N) is 4. The Bertz CT molecular complexity index is 1460. The van der Waals surface area contributed by atoms with Gasteiger partial charge in [0.15, 0.2) is 0 Å². The Balaban J connectivity index is 1.49. The van der Waals surface area contributed by atoms with Gasteiger partial charge in [0.2, 0.25) is 5.62 Å². The summed E-state index contributed by atoms with van der Waals surface area (Å²) < 4.78 is 22.3. The molecule has 0 bridgehead atoms. The smallest absolute Gasteiger partial charge is 0.277 e. The quantitative estimate of drug-likeness (QED) is 0.537. The zero-order chi connectivity index (χ0) is 22.2. The van der Waals surface area contributed by atoms with Gasteiger partial charge in [-0.1, -0.05) is 18.2 Å². The molecule has 1 N–H and O–H groups in total. The largest absolute Gasteiger partial charge is 0.495 e. The molecule has 4 aromatic rings. The van der Waals surface area contributed by atoms with Crippen molar-refractivity contribution in [3.8, 4) is 11.4 Å². The predicted octanol–water partition coefficient (Wildman–Crippen LogP) is 2.06. The molecule has 8 heteroatoms. The summed E-state index contributed by atoms with van der Waals surface area (Å²) in [4.78, 5) is 25.0. The van der Waals surface area contributed by atoms with Crippen LogP contribution in [0.25, 0.3) is 11.8 Å². The Morgan fingerprint density at radius 2 is 2.03 bits per heavy atom. The maximum Gasteiger partial charge on any atom is 0.277 e. The van der Waals surface area contributed by atoms with Crippen LogP contribution in [0.3, 0.4) is 0 Å². The van der Waals surface area contributed by atoms with Crippen molar-refractivity contribution in [2.24, 2.45) is 4.99 Å². The number of H-pyrrole nitrogens is 1. The van der Waals surface area contributed by atoms with Gasteiger partial charge in [0, 0.05) is 18.7 Å². The highest BCUT2D eigenvalue weighted by Gasteiger charge is 2.19. The van der Waals surface area contributed by atoms with E-state index in [-0.39, 0.29) is 17.3 Å². The molecule has 0 saturated carbocycles. The molecule has 5 rings (SSSR count). The highest BCUT2D eigenvalue weighted by atomic mass is 19.1. The number of rotatable bonds is 4. The predicted molar refractivity (Wildman–Crippen MR) is 118 cm³/mol. The number of nitrogens with one attached hydrogen (secondary N) is 1. The van der Waals surface area contributed by atoms with Gasteiger partial charge in [-0.15, -0.1) is 0 Å². The highest BCUT2D eigenvalue weighted by molar-refractivity contribution is 5.57. The van der Waals surface area contributed by atoms with E-state index in [1.165, 1.54) is 12.1 Å². The lowest BCUT2D eigenvalue weighted by atomic mass is 9.98. The maximum atomic E-state index is 13.2. The summed E-state index contributed by atoms with van der Waals surface area (Å²) in [5, 5.41) is 0.455. The van der Waals surface area contributed by atoms with E-state index in [9.17, 15) is 9.18 Å². The summed E-state index contributed by atoms with van der Waals surface area (Å²) in [6.45, 7) is 2.96. The molecular formula is C24H22FN5O2. The number of aryl methyl sites for hydroxylation is 1. The van der Waals surface area contributed by atoms with Crippen LogP contribution in [0, 0.1) is 12.7 Å². The minimum atomic E-state index is -0.275. The van der Waals surface area contributed by atoms with Crippen LogP contribution in [-0.4, -0.2) is 32.8 Å². The van der Waals surface area contributed by atoms with Crippen molar-refractivity contribution in [3.63, 3.8) is 0 Å². The van der Waals surface area contributed by atoms with E-state index < -0.39 is 0 Å². The number of halogens is 1. The van der Waals surface area contributed by atoms with E-state index in [4.69, 9.17) is 4.74 Å². The fourth-order valence-electron chi connectivity index (χ4n) is 4.01. The molecule has 0 saturated heterocycles. The van der Waals surface area contributed by atoms with Gasteiger partial charge >= 0.3 is 0 Å². The number of hydrogen-bond donors (Lipinski definition) is 1. The van der Waals surface area contributed by atoms with Crippen LogP contribution in [0.4, 0.5) is 4.39 Å². The molecule has 1 aliphatic rings. The topological polar surface area (TPSA) is 77.2 Å². The molecular weight excluding hydrogens is 409 g/mol. The van der Waals surface area contributed by atoms with E-state index in [0.29, 0.717) is 29.8 Å². The molecule has 3 heterocycles. The normalized spacial score (nSPS) is 16.0. The minimum Gasteiger partial charge on any atom is -0.495 e. The van der Waals surface area contributed by atoms with Crippen LogP contribution in [0.15, 0.2) is 64.8 Å². The molecule has 0 radical (unpaired) electrons. The molecule has 2 aromatic heterocycles. The first-order chi connectivity index (χ1) is 15.5. The first kappa shape index (κ1) is 20.0. The fourth-order valence-corrected chi connectivity index (χ4v) is 4.01. The minimum absolute atomic E-state index is 0.0301. The molecule has 7 nitrogen and oxygen atoms in total. The first-order valence-electron chi connectivity index (χ1n) is 10.3. The zero-order valence-electron chi connectivity index (χ0n) is 17.7. The van der Waals surface area contributed by atoms with Crippen LogP contribution >= 0.6 is 0 Å². The van der Waals surface area contributed by atoms with E-state index in [1.807, 2.05) is 35.9 Å². The number of aromatic amines is 1. The molecule has 0 fully saturated rings. The number of aromatic nitrogens is 4. The third-order valence-electron chi connectivity index (χ3n) is 5.69. The van der Waals surface area contributed by atoms with Crippen molar-refractivity contribution in [2.45, 2.75) is 19.4 Å². The van der Waals surface area contributed by atoms with Crippen LogP contribution in [0.5, 0.6) is 5.75 Å². The van der Waals surface area contributed by atoms with E-state index in [0.717, 1.165) is 22.5 Å². The Kier molecular flexibility index (Phi) is 4.97. The summed E-state index contributed by atoms with van der Waals surface area (Å²) in [6, 6.07) is 12.1. The molecule has 0 spiro atoms. The third-order valence-corrected chi connectivity index (χ3v) is 5.69. The van der Waals surface area contributed by atoms with Crippen LogP contribution < -0.4 is 21.3 Å². The molecule has 1 unspecified atom stereocenters. The SMILES string of the molecule is COc1cc(/C=c2\[nH]c3n(c2=O)CC(c2ccc(F)cc2)CN=3)ccc1-n1cnc(C)c1. The molecule has 162 valence electrons. The molecule has 1 atom stereocenters. The molecule has 2 aromatic carbocycles. The summed E-state index contributed by atoms with van der Waals surface area (Å²) in [6.07, 6.45) is 5.45. The van der Waals surface area contributed by atoms with Gasteiger partial charge in [-0.3, -0.25) is 14.4 Å². The zero-order valence-corrected chi connectivity index (χ0v) is 17.7. The Morgan fingerprint density at radius 3 is 2.75 bits per heavy atom. The van der Waals surface area contributed by atoms with Gasteiger partial charge < -0.3 is 14.3 Å². The Labute approximate surface area is 183 Å². The Hall–Kier alpha value is -3.94. The fraction of sp³-hybridized carbons (Fsp3) is 0.208. The summed E-state index contributed by atoms with van der Waals surface area (Å²) in [7, 11) is 1.61. The maximum absolute atomic E-state index is 13.2. The van der Waals surface area contributed by atoms with E-state index in [2.05, 4.69) is 15.0 Å². The van der Waals surface area contributed by atoms with Gasteiger partial charge in [0.05, 0.1) is 31.4 Å².